The Balaban J connectivity index is 1.77. The lowest BCUT2D eigenvalue weighted by Gasteiger charge is -2.45. The van der Waals surface area contributed by atoms with Crippen molar-refractivity contribution in [2.45, 2.75) is 31.8 Å². The van der Waals surface area contributed by atoms with E-state index in [1.54, 1.807) is 0 Å². The van der Waals surface area contributed by atoms with Crippen molar-refractivity contribution >= 4 is 0 Å². The normalized spacial score (nSPS) is 61.5. The zero-order valence-corrected chi connectivity index (χ0v) is 7.24. The molecule has 0 saturated heterocycles. The number of aliphatic hydroxyl groups is 2. The molecule has 4 fully saturated rings. The van der Waals surface area contributed by atoms with Crippen LogP contribution in [0.15, 0.2) is 0 Å². The first kappa shape index (κ1) is 7.34. The van der Waals surface area contributed by atoms with Crippen molar-refractivity contribution in [1.29, 1.82) is 0 Å². The molecule has 0 amide bonds. The predicted molar refractivity (Wildman–Crippen MR) is 44.5 cm³/mol. The Morgan fingerprint density at radius 1 is 1.42 bits per heavy atom. The van der Waals surface area contributed by atoms with Crippen LogP contribution in [0.1, 0.15) is 25.7 Å². The summed E-state index contributed by atoms with van der Waals surface area (Å²) in [6.45, 7) is 0.337. The Morgan fingerprint density at radius 2 is 2.25 bits per heavy atom. The molecular weight excluding hydrogens is 152 g/mol. The van der Waals surface area contributed by atoms with E-state index in [-0.39, 0.29) is 11.5 Å². The van der Waals surface area contributed by atoms with Crippen LogP contribution in [-0.2, 0) is 0 Å². The summed E-state index contributed by atoms with van der Waals surface area (Å²) in [6.07, 6.45) is 4.85. The van der Waals surface area contributed by atoms with Crippen LogP contribution >= 0.6 is 0 Å². The van der Waals surface area contributed by atoms with Gasteiger partial charge in [0.2, 0.25) is 0 Å². The van der Waals surface area contributed by atoms with E-state index >= 15 is 0 Å². The van der Waals surface area contributed by atoms with Gasteiger partial charge in [-0.15, -0.1) is 0 Å². The maximum absolute atomic E-state index is 9.84. The van der Waals surface area contributed by atoms with E-state index in [0.717, 1.165) is 0 Å². The minimum Gasteiger partial charge on any atom is -0.396 e. The molecule has 2 bridgehead atoms. The van der Waals surface area contributed by atoms with E-state index in [9.17, 15) is 5.11 Å². The number of hydrogen-bond donors (Lipinski definition) is 2. The summed E-state index contributed by atoms with van der Waals surface area (Å²) in [5.74, 6) is 1.81. The topological polar surface area (TPSA) is 40.5 Å². The van der Waals surface area contributed by atoms with Crippen LogP contribution in [0.5, 0.6) is 0 Å². The van der Waals surface area contributed by atoms with Crippen molar-refractivity contribution in [3.63, 3.8) is 0 Å². The third-order valence-electron chi connectivity index (χ3n) is 4.55. The molecule has 2 heteroatoms. The Bertz CT molecular complexity index is 212. The summed E-state index contributed by atoms with van der Waals surface area (Å²) in [5, 5.41) is 18.8. The van der Waals surface area contributed by atoms with Crippen molar-refractivity contribution in [1.82, 2.24) is 0 Å². The highest BCUT2D eigenvalue weighted by Gasteiger charge is 2.67. The van der Waals surface area contributed by atoms with Crippen LogP contribution in [0.2, 0.25) is 0 Å². The number of fused-ring (bicyclic) bond motifs is 1. The molecule has 2 nitrogen and oxygen atoms in total. The highest BCUT2D eigenvalue weighted by Crippen LogP contribution is 2.69. The van der Waals surface area contributed by atoms with E-state index < -0.39 is 0 Å². The lowest BCUT2D eigenvalue weighted by Crippen LogP contribution is -2.47. The fraction of sp³-hybridized carbons (Fsp3) is 1.00. The summed E-state index contributed by atoms with van der Waals surface area (Å²) < 4.78 is 0. The SMILES string of the molecule is OC[C@@H]1C[C@H]1[C@]12CC[C@H](C1)C2O. The zero-order valence-electron chi connectivity index (χ0n) is 7.24. The van der Waals surface area contributed by atoms with Crippen molar-refractivity contribution < 1.29 is 10.2 Å². The first-order valence-corrected chi connectivity index (χ1v) is 5.07. The van der Waals surface area contributed by atoms with Crippen LogP contribution in [0, 0.1) is 23.2 Å². The van der Waals surface area contributed by atoms with Gasteiger partial charge in [-0.25, -0.2) is 0 Å². The van der Waals surface area contributed by atoms with E-state index in [1.165, 1.54) is 25.7 Å². The Morgan fingerprint density at radius 3 is 2.67 bits per heavy atom. The maximum atomic E-state index is 9.84. The van der Waals surface area contributed by atoms with E-state index in [4.69, 9.17) is 5.11 Å². The van der Waals surface area contributed by atoms with Crippen LogP contribution in [0.25, 0.3) is 0 Å². The first-order valence-electron chi connectivity index (χ1n) is 5.07. The van der Waals surface area contributed by atoms with E-state index in [0.29, 0.717) is 24.4 Å². The second-order valence-electron chi connectivity index (χ2n) is 4.97. The minimum absolute atomic E-state index is 0.0148. The Labute approximate surface area is 72.6 Å². The van der Waals surface area contributed by atoms with Gasteiger partial charge in [-0.1, -0.05) is 0 Å². The molecule has 0 radical (unpaired) electrons. The van der Waals surface area contributed by atoms with Gasteiger partial charge in [-0.2, -0.15) is 0 Å². The van der Waals surface area contributed by atoms with Gasteiger partial charge < -0.3 is 10.2 Å². The molecule has 12 heavy (non-hydrogen) atoms. The highest BCUT2D eigenvalue weighted by atomic mass is 16.3. The Hall–Kier alpha value is -0.0800. The van der Waals surface area contributed by atoms with E-state index in [2.05, 4.69) is 0 Å². The average molecular weight is 168 g/mol. The molecule has 1 unspecified atom stereocenters. The summed E-state index contributed by atoms with van der Waals surface area (Å²) in [6, 6.07) is 0. The third kappa shape index (κ3) is 0.647. The smallest absolute Gasteiger partial charge is 0.0627 e. The highest BCUT2D eigenvalue weighted by molar-refractivity contribution is 5.16. The molecule has 4 rings (SSSR count). The van der Waals surface area contributed by atoms with Crippen molar-refractivity contribution in [3.05, 3.63) is 0 Å². The third-order valence-corrected chi connectivity index (χ3v) is 4.55. The largest absolute Gasteiger partial charge is 0.396 e. The van der Waals surface area contributed by atoms with Gasteiger partial charge in [0.05, 0.1) is 6.10 Å². The van der Waals surface area contributed by atoms with Crippen molar-refractivity contribution in [2.75, 3.05) is 6.61 Å². The molecule has 2 N–H and O–H groups in total. The quantitative estimate of drug-likeness (QED) is 0.639. The molecule has 68 valence electrons. The van der Waals surface area contributed by atoms with Gasteiger partial charge in [-0.05, 0) is 43.4 Å². The second kappa shape index (κ2) is 2.05. The monoisotopic (exact) mass is 168 g/mol. The molecule has 0 aromatic carbocycles. The summed E-state index contributed by atoms with van der Waals surface area (Å²) in [4.78, 5) is 0. The molecule has 4 aliphatic rings. The Kier molecular flexibility index (Phi) is 1.25. The van der Waals surface area contributed by atoms with Crippen LogP contribution in [-0.4, -0.2) is 22.9 Å². The van der Waals surface area contributed by atoms with Crippen LogP contribution in [0.4, 0.5) is 0 Å². The van der Waals surface area contributed by atoms with Crippen LogP contribution in [0.3, 0.4) is 0 Å². The molecule has 0 aromatic heterocycles. The standard InChI is InChI=1S/C10H16O2/c11-5-7-3-8(7)10-2-1-6(4-10)9(10)12/h6-9,11-12H,1-5H2/t6-,7+,8-,9?,10+/m1/s1. The summed E-state index contributed by atoms with van der Waals surface area (Å²) in [7, 11) is 0. The average Bonchev–Trinajstić information content (AvgIpc) is 2.65. The van der Waals surface area contributed by atoms with E-state index in [1.807, 2.05) is 0 Å². The molecular formula is C10H16O2. The van der Waals surface area contributed by atoms with Gasteiger partial charge in [0, 0.05) is 12.0 Å². The molecule has 0 aromatic rings. The van der Waals surface area contributed by atoms with Crippen LogP contribution < -0.4 is 0 Å². The van der Waals surface area contributed by atoms with Gasteiger partial charge in [0.1, 0.15) is 0 Å². The van der Waals surface area contributed by atoms with Crippen molar-refractivity contribution in [2.24, 2.45) is 23.2 Å². The molecule has 5 atom stereocenters. The summed E-state index contributed by atoms with van der Waals surface area (Å²) >= 11 is 0. The predicted octanol–water partition coefficient (Wildman–Crippen LogP) is 0.776. The summed E-state index contributed by atoms with van der Waals surface area (Å²) in [5.41, 5.74) is 0.276. The molecule has 4 aliphatic carbocycles. The van der Waals surface area contributed by atoms with Gasteiger partial charge in [0.25, 0.3) is 0 Å². The van der Waals surface area contributed by atoms with Gasteiger partial charge in [-0.3, -0.25) is 0 Å². The maximum Gasteiger partial charge on any atom is 0.0627 e. The fourth-order valence-corrected chi connectivity index (χ4v) is 3.70. The lowest BCUT2D eigenvalue weighted by atomic mass is 9.63. The second-order valence-corrected chi connectivity index (χ2v) is 4.97. The van der Waals surface area contributed by atoms with Gasteiger partial charge >= 0.3 is 0 Å². The first-order chi connectivity index (χ1) is 5.78. The molecule has 0 heterocycles. The minimum atomic E-state index is -0.0148. The lowest BCUT2D eigenvalue weighted by molar-refractivity contribution is -0.0860. The fourth-order valence-electron chi connectivity index (χ4n) is 3.70. The van der Waals surface area contributed by atoms with Gasteiger partial charge in [0.15, 0.2) is 0 Å². The zero-order chi connectivity index (χ0) is 8.34. The number of aliphatic hydroxyl groups excluding tert-OH is 2. The number of hydrogen-bond acceptors (Lipinski definition) is 2. The molecule has 0 spiro atoms. The molecule has 0 aliphatic heterocycles. The number of rotatable bonds is 2. The van der Waals surface area contributed by atoms with Crippen molar-refractivity contribution in [3.8, 4) is 0 Å². The molecule has 4 saturated carbocycles.